The fourth-order valence-electron chi connectivity index (χ4n) is 1.72. The number of hydrogen-bond acceptors (Lipinski definition) is 5. The Balaban J connectivity index is 2.23. The lowest BCUT2D eigenvalue weighted by atomic mass is 10.1. The smallest absolute Gasteiger partial charge is 0.348 e. The normalized spacial score (nSPS) is 12.4. The molecule has 2 N–H and O–H groups in total. The SMILES string of the molecule is CCCc1ccc(C(=O)OCCCC(O)CCO)s1. The van der Waals surface area contributed by atoms with E-state index >= 15 is 0 Å². The highest BCUT2D eigenvalue weighted by atomic mass is 32.1. The van der Waals surface area contributed by atoms with Crippen molar-refractivity contribution in [2.45, 2.75) is 45.1 Å². The molecule has 1 aromatic rings. The van der Waals surface area contributed by atoms with Gasteiger partial charge >= 0.3 is 5.97 Å². The van der Waals surface area contributed by atoms with Crippen LogP contribution in [0.3, 0.4) is 0 Å². The summed E-state index contributed by atoms with van der Waals surface area (Å²) >= 11 is 1.48. The average Bonchev–Trinajstić information content (AvgIpc) is 2.84. The second-order valence-electron chi connectivity index (χ2n) is 4.46. The maximum atomic E-state index is 11.7. The highest BCUT2D eigenvalue weighted by molar-refractivity contribution is 7.13. The van der Waals surface area contributed by atoms with E-state index in [0.29, 0.717) is 30.7 Å². The van der Waals surface area contributed by atoms with Gasteiger partial charge in [0.15, 0.2) is 0 Å². The Kier molecular flexibility index (Phi) is 7.70. The molecule has 0 aliphatic carbocycles. The van der Waals surface area contributed by atoms with Crippen LogP contribution in [0.2, 0.25) is 0 Å². The molecule has 1 unspecified atom stereocenters. The van der Waals surface area contributed by atoms with Gasteiger partial charge in [0.2, 0.25) is 0 Å². The Morgan fingerprint density at radius 2 is 2.21 bits per heavy atom. The molecular formula is C14H22O4S. The molecule has 108 valence electrons. The van der Waals surface area contributed by atoms with Gasteiger partial charge in [0.1, 0.15) is 4.88 Å². The van der Waals surface area contributed by atoms with Crippen LogP contribution in [0.15, 0.2) is 12.1 Å². The minimum Gasteiger partial charge on any atom is -0.462 e. The van der Waals surface area contributed by atoms with Crippen LogP contribution in [0.25, 0.3) is 0 Å². The monoisotopic (exact) mass is 286 g/mol. The molecular weight excluding hydrogens is 264 g/mol. The van der Waals surface area contributed by atoms with Crippen molar-refractivity contribution in [3.8, 4) is 0 Å². The lowest BCUT2D eigenvalue weighted by molar-refractivity contribution is 0.0473. The van der Waals surface area contributed by atoms with Gasteiger partial charge in [-0.15, -0.1) is 11.3 Å². The second-order valence-corrected chi connectivity index (χ2v) is 5.63. The van der Waals surface area contributed by atoms with E-state index in [1.807, 2.05) is 6.07 Å². The van der Waals surface area contributed by atoms with E-state index in [0.717, 1.165) is 12.8 Å². The predicted octanol–water partition coefficient (Wildman–Crippen LogP) is 2.38. The van der Waals surface area contributed by atoms with Crippen LogP contribution in [0.5, 0.6) is 0 Å². The van der Waals surface area contributed by atoms with Crippen LogP contribution < -0.4 is 0 Å². The third-order valence-electron chi connectivity index (χ3n) is 2.74. The highest BCUT2D eigenvalue weighted by Gasteiger charge is 2.10. The molecule has 0 aromatic carbocycles. The number of esters is 1. The van der Waals surface area contributed by atoms with Gasteiger partial charge in [-0.3, -0.25) is 0 Å². The van der Waals surface area contributed by atoms with E-state index in [2.05, 4.69) is 6.92 Å². The summed E-state index contributed by atoms with van der Waals surface area (Å²) in [5.74, 6) is -0.288. The third kappa shape index (κ3) is 6.18. The van der Waals surface area contributed by atoms with E-state index in [4.69, 9.17) is 9.84 Å². The quantitative estimate of drug-likeness (QED) is 0.540. The van der Waals surface area contributed by atoms with Crippen LogP contribution in [0.4, 0.5) is 0 Å². The number of hydrogen-bond donors (Lipinski definition) is 2. The van der Waals surface area contributed by atoms with Gasteiger partial charge in [0.25, 0.3) is 0 Å². The van der Waals surface area contributed by atoms with E-state index < -0.39 is 6.10 Å². The van der Waals surface area contributed by atoms with Gasteiger partial charge < -0.3 is 14.9 Å². The number of aliphatic hydroxyl groups is 2. The summed E-state index contributed by atoms with van der Waals surface area (Å²) in [5.41, 5.74) is 0. The second kappa shape index (κ2) is 9.07. The Hall–Kier alpha value is -0.910. The van der Waals surface area contributed by atoms with Crippen LogP contribution in [-0.2, 0) is 11.2 Å². The summed E-state index contributed by atoms with van der Waals surface area (Å²) in [6, 6.07) is 3.77. The van der Waals surface area contributed by atoms with Gasteiger partial charge in [-0.25, -0.2) is 4.79 Å². The van der Waals surface area contributed by atoms with Crippen LogP contribution in [-0.4, -0.2) is 35.5 Å². The molecule has 0 bridgehead atoms. The minimum atomic E-state index is -0.512. The lowest BCUT2D eigenvalue weighted by Gasteiger charge is -2.08. The summed E-state index contributed by atoms with van der Waals surface area (Å²) < 4.78 is 5.15. The number of rotatable bonds is 9. The zero-order valence-corrected chi connectivity index (χ0v) is 12.1. The van der Waals surface area contributed by atoms with Crippen molar-refractivity contribution in [2.24, 2.45) is 0 Å². The Morgan fingerprint density at radius 1 is 1.42 bits per heavy atom. The molecule has 1 atom stereocenters. The molecule has 0 fully saturated rings. The Labute approximate surface area is 118 Å². The van der Waals surface area contributed by atoms with Crippen LogP contribution >= 0.6 is 11.3 Å². The molecule has 4 nitrogen and oxygen atoms in total. The summed E-state index contributed by atoms with van der Waals surface area (Å²) in [7, 11) is 0. The van der Waals surface area contributed by atoms with E-state index in [9.17, 15) is 9.90 Å². The number of aryl methyl sites for hydroxylation is 1. The number of carbonyl (C=O) groups is 1. The lowest BCUT2D eigenvalue weighted by Crippen LogP contribution is -2.11. The molecule has 0 aliphatic rings. The molecule has 1 rings (SSSR count). The van der Waals surface area contributed by atoms with Gasteiger partial charge in [0, 0.05) is 11.5 Å². The minimum absolute atomic E-state index is 0.0175. The molecule has 0 aliphatic heterocycles. The largest absolute Gasteiger partial charge is 0.462 e. The molecule has 1 aromatic heterocycles. The van der Waals surface area contributed by atoms with E-state index in [-0.39, 0.29) is 12.6 Å². The average molecular weight is 286 g/mol. The fraction of sp³-hybridized carbons (Fsp3) is 0.643. The Morgan fingerprint density at radius 3 is 2.89 bits per heavy atom. The maximum Gasteiger partial charge on any atom is 0.348 e. The van der Waals surface area contributed by atoms with Crippen LogP contribution in [0, 0.1) is 0 Å². The van der Waals surface area contributed by atoms with Gasteiger partial charge in [0.05, 0.1) is 12.7 Å². The van der Waals surface area contributed by atoms with Gasteiger partial charge in [-0.1, -0.05) is 13.3 Å². The first-order valence-corrected chi connectivity index (χ1v) is 7.53. The van der Waals surface area contributed by atoms with Crippen molar-refractivity contribution in [1.82, 2.24) is 0 Å². The van der Waals surface area contributed by atoms with Crippen molar-refractivity contribution < 1.29 is 19.7 Å². The van der Waals surface area contributed by atoms with E-state index in [1.165, 1.54) is 16.2 Å². The van der Waals surface area contributed by atoms with Gasteiger partial charge in [-0.05, 0) is 37.8 Å². The molecule has 0 amide bonds. The van der Waals surface area contributed by atoms with Crippen molar-refractivity contribution >= 4 is 17.3 Å². The van der Waals surface area contributed by atoms with E-state index in [1.54, 1.807) is 6.07 Å². The standard InChI is InChI=1S/C14H22O4S/c1-2-4-12-6-7-13(19-12)14(17)18-10-3-5-11(16)8-9-15/h6-7,11,15-16H,2-5,8-10H2,1H3. The zero-order valence-electron chi connectivity index (χ0n) is 11.3. The summed E-state index contributed by atoms with van der Waals surface area (Å²) in [5, 5.41) is 18.0. The van der Waals surface area contributed by atoms with Crippen LogP contribution in [0.1, 0.15) is 47.2 Å². The molecule has 0 radical (unpaired) electrons. The van der Waals surface area contributed by atoms with Crippen molar-refractivity contribution in [2.75, 3.05) is 13.2 Å². The molecule has 0 saturated heterocycles. The Bertz CT molecular complexity index is 375. The summed E-state index contributed by atoms with van der Waals surface area (Å²) in [4.78, 5) is 13.6. The first-order chi connectivity index (χ1) is 9.17. The fourth-order valence-corrected chi connectivity index (χ4v) is 2.72. The number of ether oxygens (including phenoxy) is 1. The van der Waals surface area contributed by atoms with Gasteiger partial charge in [-0.2, -0.15) is 0 Å². The zero-order chi connectivity index (χ0) is 14.1. The molecule has 0 spiro atoms. The van der Waals surface area contributed by atoms with Crippen molar-refractivity contribution in [1.29, 1.82) is 0 Å². The predicted molar refractivity (Wildman–Crippen MR) is 75.5 cm³/mol. The first-order valence-electron chi connectivity index (χ1n) is 6.72. The first kappa shape index (κ1) is 16.1. The number of aliphatic hydroxyl groups excluding tert-OH is 2. The number of thiophene rings is 1. The third-order valence-corrected chi connectivity index (χ3v) is 3.86. The summed E-state index contributed by atoms with van der Waals surface area (Å²) in [6.07, 6.45) is 3.07. The number of carbonyl (C=O) groups excluding carboxylic acids is 1. The van der Waals surface area contributed by atoms with Crippen molar-refractivity contribution in [3.05, 3.63) is 21.9 Å². The molecule has 0 saturated carbocycles. The summed E-state index contributed by atoms with van der Waals surface area (Å²) in [6.45, 7) is 2.40. The molecule has 1 heterocycles. The topological polar surface area (TPSA) is 66.8 Å². The molecule has 19 heavy (non-hydrogen) atoms. The van der Waals surface area contributed by atoms with Crippen molar-refractivity contribution in [3.63, 3.8) is 0 Å². The maximum absolute atomic E-state index is 11.7. The molecule has 5 heteroatoms. The highest BCUT2D eigenvalue weighted by Crippen LogP contribution is 2.19.